The Bertz CT molecular complexity index is 772. The topological polar surface area (TPSA) is 82.4 Å². The van der Waals surface area contributed by atoms with E-state index in [2.05, 4.69) is 36.0 Å². The molecule has 2 aromatic carbocycles. The van der Waals surface area contributed by atoms with E-state index in [4.69, 9.17) is 0 Å². The van der Waals surface area contributed by atoms with Gasteiger partial charge in [0.25, 0.3) is 0 Å². The summed E-state index contributed by atoms with van der Waals surface area (Å²) in [5, 5.41) is 0. The number of benzene rings is 2. The van der Waals surface area contributed by atoms with E-state index in [1.807, 2.05) is 0 Å². The van der Waals surface area contributed by atoms with Crippen molar-refractivity contribution in [2.75, 3.05) is 0 Å². The van der Waals surface area contributed by atoms with Gasteiger partial charge in [0.1, 0.15) is 20.0 Å². The lowest BCUT2D eigenvalue weighted by Gasteiger charge is -2.20. The molecule has 0 radical (unpaired) electrons. The van der Waals surface area contributed by atoms with Gasteiger partial charge in [0.2, 0.25) is 0 Å². The van der Waals surface area contributed by atoms with E-state index < -0.39 is 20.0 Å². The molecule has 0 saturated heterocycles. The molecule has 0 spiro atoms. The molecule has 5 nitrogen and oxygen atoms in total. The normalized spacial score (nSPS) is 12.3. The van der Waals surface area contributed by atoms with Crippen LogP contribution in [0.15, 0.2) is 67.3 Å². The molecule has 9 heteroatoms. The van der Waals surface area contributed by atoms with Crippen molar-refractivity contribution in [2.24, 2.45) is 0 Å². The van der Waals surface area contributed by atoms with Crippen molar-refractivity contribution in [1.82, 2.24) is 0 Å². The molecule has 0 heterocycles. The van der Waals surface area contributed by atoms with E-state index in [1.165, 1.54) is 48.5 Å². The van der Waals surface area contributed by atoms with Gasteiger partial charge in [0.15, 0.2) is 0 Å². The maximum absolute atomic E-state index is 12.0. The largest absolute Gasteiger partial charge is 0.428 e. The van der Waals surface area contributed by atoms with Crippen molar-refractivity contribution >= 4 is 51.9 Å². The standard InChI is InChI=1S/C12H8Br2NO4S2/c13-9-1-5-11(6-2-9)20(16,17)15-21(18,19)12-7-3-10(14)4-8-12/h1-8H/q-1. The minimum absolute atomic E-state index is 0.189. The minimum Gasteiger partial charge on any atom is -0.428 e. The fourth-order valence-electron chi connectivity index (χ4n) is 1.43. The Morgan fingerprint density at radius 2 is 0.905 bits per heavy atom. The van der Waals surface area contributed by atoms with Crippen LogP contribution in [0.3, 0.4) is 0 Å². The van der Waals surface area contributed by atoms with E-state index in [-0.39, 0.29) is 9.79 Å². The van der Waals surface area contributed by atoms with Crippen molar-refractivity contribution in [3.63, 3.8) is 0 Å². The lowest BCUT2D eigenvalue weighted by atomic mass is 10.4. The van der Waals surface area contributed by atoms with Crippen molar-refractivity contribution in [1.29, 1.82) is 0 Å². The molecule has 0 unspecified atom stereocenters. The highest BCUT2D eigenvalue weighted by Crippen LogP contribution is 2.27. The zero-order chi connectivity index (χ0) is 15.7. The first-order valence-corrected chi connectivity index (χ1v) is 9.93. The third-order valence-electron chi connectivity index (χ3n) is 2.42. The molecule has 0 atom stereocenters. The number of hydrogen-bond acceptors (Lipinski definition) is 4. The molecule has 112 valence electrons. The first-order valence-electron chi connectivity index (χ1n) is 5.46. The Hall–Kier alpha value is -0.740. The third kappa shape index (κ3) is 4.13. The molecule has 0 N–H and O–H groups in total. The molecule has 2 aromatic rings. The van der Waals surface area contributed by atoms with Crippen molar-refractivity contribution in [3.05, 3.63) is 61.6 Å². The summed E-state index contributed by atoms with van der Waals surface area (Å²) in [4.78, 5) is -0.377. The van der Waals surface area contributed by atoms with Crippen LogP contribution in [0, 0.1) is 0 Å². The minimum atomic E-state index is -4.29. The Morgan fingerprint density at radius 1 is 0.619 bits per heavy atom. The van der Waals surface area contributed by atoms with Crippen molar-refractivity contribution < 1.29 is 16.8 Å². The monoisotopic (exact) mass is 452 g/mol. The van der Waals surface area contributed by atoms with Gasteiger partial charge < -0.3 is 4.13 Å². The van der Waals surface area contributed by atoms with Gasteiger partial charge in [-0.05, 0) is 48.5 Å². The van der Waals surface area contributed by atoms with Gasteiger partial charge >= 0.3 is 0 Å². The van der Waals surface area contributed by atoms with Crippen LogP contribution in [0.1, 0.15) is 0 Å². The van der Waals surface area contributed by atoms with E-state index >= 15 is 0 Å². The highest BCUT2D eigenvalue weighted by atomic mass is 79.9. The number of halogens is 2. The van der Waals surface area contributed by atoms with E-state index in [1.54, 1.807) is 0 Å². The van der Waals surface area contributed by atoms with Crippen LogP contribution >= 0.6 is 31.9 Å². The maximum atomic E-state index is 12.0. The first-order chi connectivity index (χ1) is 9.71. The van der Waals surface area contributed by atoms with Crippen LogP contribution in [-0.2, 0) is 20.0 Å². The first kappa shape index (κ1) is 16.6. The van der Waals surface area contributed by atoms with Gasteiger partial charge in [-0.3, -0.25) is 0 Å². The second-order valence-corrected chi connectivity index (χ2v) is 9.20. The van der Waals surface area contributed by atoms with Gasteiger partial charge in [0.05, 0.1) is 0 Å². The molecule has 0 fully saturated rings. The Morgan fingerprint density at radius 3 is 1.19 bits per heavy atom. The van der Waals surface area contributed by atoms with Crippen molar-refractivity contribution in [2.45, 2.75) is 9.79 Å². The average molecular weight is 454 g/mol. The fraction of sp³-hybridized carbons (Fsp3) is 0. The van der Waals surface area contributed by atoms with Crippen LogP contribution in [0.2, 0.25) is 0 Å². The van der Waals surface area contributed by atoms with E-state index in [0.29, 0.717) is 8.95 Å². The quantitative estimate of drug-likeness (QED) is 0.707. The summed E-state index contributed by atoms with van der Waals surface area (Å²) in [5.74, 6) is 0. The molecule has 21 heavy (non-hydrogen) atoms. The lowest BCUT2D eigenvalue weighted by Crippen LogP contribution is -2.08. The number of sulfonamides is 2. The number of nitrogens with zero attached hydrogens (tertiary/aromatic N) is 1. The molecule has 0 amide bonds. The van der Waals surface area contributed by atoms with Gasteiger partial charge in [0, 0.05) is 18.7 Å². The molecular formula is C12H8Br2NO4S2-. The molecule has 0 bridgehead atoms. The van der Waals surface area contributed by atoms with Gasteiger partial charge in [-0.2, -0.15) is 0 Å². The molecule has 0 aliphatic carbocycles. The highest BCUT2D eigenvalue weighted by molar-refractivity contribution is 9.10. The summed E-state index contributed by atoms with van der Waals surface area (Å²) in [6, 6.07) is 11.1. The fourth-order valence-corrected chi connectivity index (χ4v) is 4.64. The van der Waals surface area contributed by atoms with Crippen LogP contribution < -0.4 is 0 Å². The summed E-state index contributed by atoms with van der Waals surface area (Å²) >= 11 is 6.34. The van der Waals surface area contributed by atoms with E-state index in [0.717, 1.165) is 0 Å². The second kappa shape index (κ2) is 6.17. The van der Waals surface area contributed by atoms with Crippen LogP contribution in [-0.4, -0.2) is 16.8 Å². The Kier molecular flexibility index (Phi) is 4.89. The lowest BCUT2D eigenvalue weighted by molar-refractivity contribution is 0.595. The summed E-state index contributed by atoms with van der Waals surface area (Å²) in [6.45, 7) is 0. The summed E-state index contributed by atoms with van der Waals surface area (Å²) in [7, 11) is -8.58. The molecular weight excluding hydrogens is 446 g/mol. The number of hydrogen-bond donors (Lipinski definition) is 0. The van der Waals surface area contributed by atoms with Crippen LogP contribution in [0.4, 0.5) is 0 Å². The molecule has 0 saturated carbocycles. The molecule has 0 aliphatic heterocycles. The predicted octanol–water partition coefficient (Wildman–Crippen LogP) is 3.66. The van der Waals surface area contributed by atoms with Crippen LogP contribution in [0.25, 0.3) is 4.13 Å². The third-order valence-corrected chi connectivity index (χ3v) is 6.78. The second-order valence-electron chi connectivity index (χ2n) is 3.93. The Labute approximate surface area is 139 Å². The van der Waals surface area contributed by atoms with Gasteiger partial charge in [-0.15, -0.1) is 0 Å². The molecule has 0 aliphatic rings. The highest BCUT2D eigenvalue weighted by Gasteiger charge is 2.13. The smallest absolute Gasteiger partial charge is 0.112 e. The Balaban J connectivity index is 2.35. The maximum Gasteiger partial charge on any atom is 0.112 e. The van der Waals surface area contributed by atoms with Crippen molar-refractivity contribution in [3.8, 4) is 0 Å². The average Bonchev–Trinajstić information content (AvgIpc) is 2.38. The zero-order valence-electron chi connectivity index (χ0n) is 10.3. The van der Waals surface area contributed by atoms with Gasteiger partial charge in [-0.25, -0.2) is 16.8 Å². The molecule has 0 aromatic heterocycles. The zero-order valence-corrected chi connectivity index (χ0v) is 15.1. The van der Waals surface area contributed by atoms with Crippen LogP contribution in [0.5, 0.6) is 0 Å². The number of rotatable bonds is 4. The van der Waals surface area contributed by atoms with Gasteiger partial charge in [-0.1, -0.05) is 31.9 Å². The SMILES string of the molecule is O=S(=O)([N-]S(=O)(=O)c1ccc(Br)cc1)c1ccc(Br)cc1. The van der Waals surface area contributed by atoms with E-state index in [9.17, 15) is 16.8 Å². The predicted molar refractivity (Wildman–Crippen MR) is 86.0 cm³/mol. The summed E-state index contributed by atoms with van der Waals surface area (Å²) in [5.41, 5.74) is 0. The summed E-state index contributed by atoms with van der Waals surface area (Å²) < 4.78 is 52.5. The summed E-state index contributed by atoms with van der Waals surface area (Å²) in [6.07, 6.45) is 0. The molecule has 2 rings (SSSR count).